The zero-order valence-electron chi connectivity index (χ0n) is 12.4. The van der Waals surface area contributed by atoms with Crippen LogP contribution in [0, 0.1) is 5.82 Å². The van der Waals surface area contributed by atoms with Gasteiger partial charge in [0.05, 0.1) is 12.7 Å². The third kappa shape index (κ3) is 5.57. The van der Waals surface area contributed by atoms with Crippen molar-refractivity contribution < 1.29 is 9.13 Å². The number of hydrogen-bond acceptors (Lipinski definition) is 3. The third-order valence-corrected chi connectivity index (χ3v) is 2.90. The highest BCUT2D eigenvalue weighted by atomic mass is 19.1. The molecular weight excluding hydrogens is 243 g/mol. The Morgan fingerprint density at radius 1 is 1.37 bits per heavy atom. The topological polar surface area (TPSA) is 24.5 Å². The lowest BCUT2D eigenvalue weighted by Crippen LogP contribution is -2.26. The molecule has 0 bridgehead atoms. The van der Waals surface area contributed by atoms with Crippen molar-refractivity contribution in [1.82, 2.24) is 5.32 Å². The maximum absolute atomic E-state index is 13.3. The van der Waals surface area contributed by atoms with Gasteiger partial charge in [-0.3, -0.25) is 0 Å². The molecule has 19 heavy (non-hydrogen) atoms. The minimum Gasteiger partial charge on any atom is -0.377 e. The van der Waals surface area contributed by atoms with Gasteiger partial charge in [0, 0.05) is 25.8 Å². The van der Waals surface area contributed by atoms with E-state index in [1.807, 2.05) is 33.9 Å². The smallest absolute Gasteiger partial charge is 0.123 e. The van der Waals surface area contributed by atoms with Crippen LogP contribution in [0.2, 0.25) is 0 Å². The van der Waals surface area contributed by atoms with Crippen LogP contribution in [-0.4, -0.2) is 32.8 Å². The fourth-order valence-corrected chi connectivity index (χ4v) is 1.87. The lowest BCUT2D eigenvalue weighted by Gasteiger charge is -2.23. The molecule has 0 radical (unpaired) electrons. The molecule has 0 spiro atoms. The van der Waals surface area contributed by atoms with Crippen molar-refractivity contribution in [2.45, 2.75) is 33.4 Å². The number of nitrogens with one attached hydrogen (secondary N) is 1. The first-order valence-corrected chi connectivity index (χ1v) is 6.86. The van der Waals surface area contributed by atoms with Gasteiger partial charge in [0.1, 0.15) is 5.82 Å². The van der Waals surface area contributed by atoms with Gasteiger partial charge in [-0.05, 0) is 44.2 Å². The SMILES string of the molecule is CCNCc1cc(F)ccc1N(C)CCOC(C)C. The van der Waals surface area contributed by atoms with Gasteiger partial charge in [-0.25, -0.2) is 4.39 Å². The number of nitrogens with zero attached hydrogens (tertiary/aromatic N) is 1. The van der Waals surface area contributed by atoms with Gasteiger partial charge in [-0.2, -0.15) is 0 Å². The molecule has 0 aromatic heterocycles. The van der Waals surface area contributed by atoms with Gasteiger partial charge in [0.25, 0.3) is 0 Å². The van der Waals surface area contributed by atoms with E-state index < -0.39 is 0 Å². The first-order valence-electron chi connectivity index (χ1n) is 6.86. The Balaban J connectivity index is 2.68. The Morgan fingerprint density at radius 2 is 2.11 bits per heavy atom. The zero-order chi connectivity index (χ0) is 14.3. The molecule has 1 aromatic carbocycles. The summed E-state index contributed by atoms with van der Waals surface area (Å²) in [5, 5.41) is 3.24. The minimum atomic E-state index is -0.191. The van der Waals surface area contributed by atoms with Gasteiger partial charge < -0.3 is 15.0 Å². The van der Waals surface area contributed by atoms with Crippen molar-refractivity contribution in [3.05, 3.63) is 29.6 Å². The summed E-state index contributed by atoms with van der Waals surface area (Å²) < 4.78 is 18.9. The van der Waals surface area contributed by atoms with E-state index in [-0.39, 0.29) is 11.9 Å². The summed E-state index contributed by atoms with van der Waals surface area (Å²) in [4.78, 5) is 2.11. The van der Waals surface area contributed by atoms with Gasteiger partial charge in [0.15, 0.2) is 0 Å². The van der Waals surface area contributed by atoms with Crippen molar-refractivity contribution in [3.63, 3.8) is 0 Å². The predicted octanol–water partition coefficient (Wildman–Crippen LogP) is 2.80. The van der Waals surface area contributed by atoms with Crippen LogP contribution < -0.4 is 10.2 Å². The molecule has 3 nitrogen and oxygen atoms in total. The normalized spacial score (nSPS) is 11.1. The van der Waals surface area contributed by atoms with Crippen molar-refractivity contribution in [1.29, 1.82) is 0 Å². The number of anilines is 1. The molecule has 0 unspecified atom stereocenters. The molecule has 0 atom stereocenters. The first kappa shape index (κ1) is 15.9. The lowest BCUT2D eigenvalue weighted by molar-refractivity contribution is 0.0846. The molecule has 0 fully saturated rings. The average Bonchev–Trinajstić information content (AvgIpc) is 2.35. The maximum atomic E-state index is 13.3. The lowest BCUT2D eigenvalue weighted by atomic mass is 10.1. The summed E-state index contributed by atoms with van der Waals surface area (Å²) in [6.07, 6.45) is 0.239. The molecular formula is C15H25FN2O. The van der Waals surface area contributed by atoms with Crippen LogP contribution in [0.5, 0.6) is 0 Å². The number of ether oxygens (including phenoxy) is 1. The molecule has 0 aliphatic carbocycles. The van der Waals surface area contributed by atoms with Gasteiger partial charge in [-0.1, -0.05) is 6.92 Å². The fraction of sp³-hybridized carbons (Fsp3) is 0.600. The van der Waals surface area contributed by atoms with Crippen LogP contribution in [0.4, 0.5) is 10.1 Å². The second kappa shape index (κ2) is 8.12. The van der Waals surface area contributed by atoms with Crippen LogP contribution in [0.3, 0.4) is 0 Å². The molecule has 0 heterocycles. The number of benzene rings is 1. The summed E-state index contributed by atoms with van der Waals surface area (Å²) in [5.41, 5.74) is 2.03. The molecule has 0 aliphatic heterocycles. The Kier molecular flexibility index (Phi) is 6.81. The quantitative estimate of drug-likeness (QED) is 0.784. The zero-order valence-corrected chi connectivity index (χ0v) is 12.4. The van der Waals surface area contributed by atoms with Crippen molar-refractivity contribution in [2.24, 2.45) is 0 Å². The Labute approximate surface area is 115 Å². The fourth-order valence-electron chi connectivity index (χ4n) is 1.87. The van der Waals surface area contributed by atoms with Gasteiger partial charge >= 0.3 is 0 Å². The first-order chi connectivity index (χ1) is 9.04. The molecule has 1 aromatic rings. The minimum absolute atomic E-state index is 0.191. The highest BCUT2D eigenvalue weighted by Gasteiger charge is 2.08. The number of halogens is 1. The molecule has 108 valence electrons. The second-order valence-corrected chi connectivity index (χ2v) is 4.89. The van der Waals surface area contributed by atoms with Crippen LogP contribution >= 0.6 is 0 Å². The highest BCUT2D eigenvalue weighted by molar-refractivity contribution is 5.53. The van der Waals surface area contributed by atoms with E-state index in [0.29, 0.717) is 13.2 Å². The van der Waals surface area contributed by atoms with E-state index in [4.69, 9.17) is 4.74 Å². The van der Waals surface area contributed by atoms with Crippen molar-refractivity contribution in [2.75, 3.05) is 31.6 Å². The molecule has 1 rings (SSSR count). The van der Waals surface area contributed by atoms with Crippen LogP contribution in [-0.2, 0) is 11.3 Å². The van der Waals surface area contributed by atoms with E-state index in [1.165, 1.54) is 6.07 Å². The number of hydrogen-bond donors (Lipinski definition) is 1. The Morgan fingerprint density at radius 3 is 2.74 bits per heavy atom. The van der Waals surface area contributed by atoms with Crippen LogP contribution in [0.25, 0.3) is 0 Å². The molecule has 0 aliphatic rings. The van der Waals surface area contributed by atoms with Gasteiger partial charge in [-0.15, -0.1) is 0 Å². The number of rotatable bonds is 8. The molecule has 0 saturated heterocycles. The van der Waals surface area contributed by atoms with E-state index in [0.717, 1.165) is 24.3 Å². The largest absolute Gasteiger partial charge is 0.377 e. The standard InChI is InChI=1S/C15H25FN2O/c1-5-17-11-13-10-14(16)6-7-15(13)18(4)8-9-19-12(2)3/h6-7,10,12,17H,5,8-9,11H2,1-4H3. The Bertz CT molecular complexity index is 382. The number of likely N-dealkylation sites (N-methyl/N-ethyl adjacent to an activating group) is 1. The second-order valence-electron chi connectivity index (χ2n) is 4.89. The summed E-state index contributed by atoms with van der Waals surface area (Å²) in [6, 6.07) is 4.93. The Hall–Kier alpha value is -1.13. The molecule has 1 N–H and O–H groups in total. The molecule has 0 saturated carbocycles. The summed E-state index contributed by atoms with van der Waals surface area (Å²) >= 11 is 0. The van der Waals surface area contributed by atoms with Crippen molar-refractivity contribution in [3.8, 4) is 0 Å². The molecule has 4 heteroatoms. The third-order valence-electron chi connectivity index (χ3n) is 2.90. The van der Waals surface area contributed by atoms with E-state index in [9.17, 15) is 4.39 Å². The highest BCUT2D eigenvalue weighted by Crippen LogP contribution is 2.20. The van der Waals surface area contributed by atoms with Gasteiger partial charge in [0.2, 0.25) is 0 Å². The molecule has 0 amide bonds. The summed E-state index contributed by atoms with van der Waals surface area (Å²) in [7, 11) is 2.01. The average molecular weight is 268 g/mol. The maximum Gasteiger partial charge on any atom is 0.123 e. The van der Waals surface area contributed by atoms with Crippen LogP contribution in [0.15, 0.2) is 18.2 Å². The summed E-state index contributed by atoms with van der Waals surface area (Å²) in [6.45, 7) is 9.10. The van der Waals surface area contributed by atoms with Crippen LogP contribution in [0.1, 0.15) is 26.3 Å². The van der Waals surface area contributed by atoms with Crippen molar-refractivity contribution >= 4 is 5.69 Å². The van der Waals surface area contributed by atoms with E-state index in [1.54, 1.807) is 6.07 Å². The predicted molar refractivity (Wildman–Crippen MR) is 78.1 cm³/mol. The van der Waals surface area contributed by atoms with E-state index in [2.05, 4.69) is 10.2 Å². The summed E-state index contributed by atoms with van der Waals surface area (Å²) in [5.74, 6) is -0.191. The van der Waals surface area contributed by atoms with E-state index >= 15 is 0 Å². The monoisotopic (exact) mass is 268 g/mol.